The molecular formula is C31H54N2O5Si2. The fraction of sp³-hybridized carbons (Fsp3) is 0.742. The molecule has 226 valence electrons. The van der Waals surface area contributed by atoms with E-state index in [1.165, 1.54) is 6.07 Å². The predicted octanol–water partition coefficient (Wildman–Crippen LogP) is 7.80. The van der Waals surface area contributed by atoms with Crippen LogP contribution in [0.2, 0.25) is 33.2 Å². The molecule has 3 rings (SSSR count). The minimum atomic E-state index is -2.22. The van der Waals surface area contributed by atoms with Crippen molar-refractivity contribution < 1.29 is 13.6 Å². The number of aromatic amines is 2. The fourth-order valence-electron chi connectivity index (χ4n) is 7.95. The number of aromatic nitrogens is 2. The van der Waals surface area contributed by atoms with Crippen molar-refractivity contribution in [1.29, 1.82) is 0 Å². The molecule has 40 heavy (non-hydrogen) atoms. The second-order valence-corrected chi connectivity index (χ2v) is 24.6. The van der Waals surface area contributed by atoms with Gasteiger partial charge in [0, 0.05) is 23.4 Å². The first kappa shape index (κ1) is 33.0. The molecule has 0 saturated carbocycles. The van der Waals surface area contributed by atoms with Crippen LogP contribution in [0.3, 0.4) is 0 Å². The van der Waals surface area contributed by atoms with E-state index in [2.05, 4.69) is 93.1 Å². The van der Waals surface area contributed by atoms with Gasteiger partial charge in [0.15, 0.2) is 8.32 Å². The fourth-order valence-corrected chi connectivity index (χ4v) is 19.0. The van der Waals surface area contributed by atoms with Crippen LogP contribution >= 0.6 is 0 Å². The number of fused-ring (bicyclic) bond motifs is 1. The zero-order valence-electron chi connectivity index (χ0n) is 26.9. The zero-order chi connectivity index (χ0) is 30.2. The van der Waals surface area contributed by atoms with Crippen LogP contribution < -0.4 is 11.1 Å². The Bertz CT molecular complexity index is 1210. The summed E-state index contributed by atoms with van der Waals surface area (Å²) in [6.07, 6.45) is -0.230. The molecule has 0 spiro atoms. The van der Waals surface area contributed by atoms with E-state index >= 15 is 0 Å². The molecule has 0 amide bonds. The molecule has 2 N–H and O–H groups in total. The van der Waals surface area contributed by atoms with Crippen molar-refractivity contribution >= 4 is 27.7 Å². The predicted molar refractivity (Wildman–Crippen MR) is 170 cm³/mol. The molecule has 0 unspecified atom stereocenters. The van der Waals surface area contributed by atoms with E-state index in [1.807, 2.05) is 6.07 Å². The Balaban J connectivity index is 2.04. The smallest absolute Gasteiger partial charge is 0.255 e. The SMILES string of the molecule is CC(C)[Si](OC[C@H]1O[C@@H](c2cc3ccc(=O)[nH]c3[nH]c2=O)C[C@@H]1O[Si](C(C)C)(C(C)C)C(C)C)(C(C)C)C(C)C. The summed E-state index contributed by atoms with van der Waals surface area (Å²) >= 11 is 0. The van der Waals surface area contributed by atoms with Gasteiger partial charge >= 0.3 is 0 Å². The maximum atomic E-state index is 13.2. The monoisotopic (exact) mass is 590 g/mol. The maximum Gasteiger partial charge on any atom is 0.255 e. The molecule has 0 radical (unpaired) electrons. The molecule has 0 aromatic carbocycles. The van der Waals surface area contributed by atoms with Crippen LogP contribution in [0.25, 0.3) is 11.0 Å². The van der Waals surface area contributed by atoms with Crippen LogP contribution in [0.15, 0.2) is 27.8 Å². The van der Waals surface area contributed by atoms with Gasteiger partial charge in [-0.05, 0) is 45.4 Å². The molecule has 0 bridgehead atoms. The average molecular weight is 591 g/mol. The maximum absolute atomic E-state index is 13.2. The standard InChI is InChI=1S/C31H54N2O5Si2/c1-18(2)39(19(3)4,20(5)6)36-17-28-27(38-40(21(7)8,22(9)10)23(11)12)16-26(37-28)25-15-24-13-14-29(34)32-30(24)33-31(25)35/h13-15,18-23,26-28H,16-17H2,1-12H3,(H2,32,33,34,35)/t26-,27+,28-/m1/s1. The molecule has 1 aliphatic rings. The Morgan fingerprint density at radius 1 is 0.800 bits per heavy atom. The Kier molecular flexibility index (Phi) is 10.5. The van der Waals surface area contributed by atoms with Gasteiger partial charge in [-0.25, -0.2) is 0 Å². The van der Waals surface area contributed by atoms with E-state index in [1.54, 1.807) is 6.07 Å². The number of ether oxygens (including phenoxy) is 1. The van der Waals surface area contributed by atoms with Gasteiger partial charge in [-0.15, -0.1) is 0 Å². The van der Waals surface area contributed by atoms with E-state index in [0.29, 0.717) is 57.5 Å². The number of H-pyrrole nitrogens is 2. The van der Waals surface area contributed by atoms with E-state index in [4.69, 9.17) is 13.6 Å². The van der Waals surface area contributed by atoms with Gasteiger partial charge in [-0.2, -0.15) is 0 Å². The number of rotatable bonds is 12. The first-order valence-electron chi connectivity index (χ1n) is 15.3. The summed E-state index contributed by atoms with van der Waals surface area (Å²) in [6, 6.07) is 5.06. The largest absolute Gasteiger partial charge is 0.413 e. The summed E-state index contributed by atoms with van der Waals surface area (Å²) < 4.78 is 21.1. The van der Waals surface area contributed by atoms with Gasteiger partial charge in [0.2, 0.25) is 13.9 Å². The lowest BCUT2D eigenvalue weighted by atomic mass is 10.0. The highest BCUT2D eigenvalue weighted by Gasteiger charge is 2.51. The number of hydrogen-bond acceptors (Lipinski definition) is 5. The third kappa shape index (κ3) is 6.14. The summed E-state index contributed by atoms with van der Waals surface area (Å²) in [6.45, 7) is 28.1. The lowest BCUT2D eigenvalue weighted by Crippen LogP contribution is -2.53. The van der Waals surface area contributed by atoms with Gasteiger partial charge in [0.1, 0.15) is 11.8 Å². The van der Waals surface area contributed by atoms with E-state index in [9.17, 15) is 9.59 Å². The highest BCUT2D eigenvalue weighted by molar-refractivity contribution is 6.78. The van der Waals surface area contributed by atoms with Gasteiger partial charge < -0.3 is 23.6 Å². The molecular weight excluding hydrogens is 537 g/mol. The van der Waals surface area contributed by atoms with Gasteiger partial charge in [-0.1, -0.05) is 83.1 Å². The minimum Gasteiger partial charge on any atom is -0.413 e. The highest BCUT2D eigenvalue weighted by atomic mass is 28.4. The molecule has 9 heteroatoms. The molecule has 1 saturated heterocycles. The van der Waals surface area contributed by atoms with Crippen molar-refractivity contribution in [3.63, 3.8) is 0 Å². The Morgan fingerprint density at radius 3 is 1.82 bits per heavy atom. The van der Waals surface area contributed by atoms with Crippen LogP contribution in [0.4, 0.5) is 0 Å². The molecule has 3 atom stereocenters. The quantitative estimate of drug-likeness (QED) is 0.246. The van der Waals surface area contributed by atoms with Crippen molar-refractivity contribution in [3.8, 4) is 0 Å². The van der Waals surface area contributed by atoms with Crippen molar-refractivity contribution in [1.82, 2.24) is 9.97 Å². The summed E-state index contributed by atoms with van der Waals surface area (Å²) in [5.74, 6) is 0. The van der Waals surface area contributed by atoms with Crippen molar-refractivity contribution in [2.75, 3.05) is 6.61 Å². The topological polar surface area (TPSA) is 93.4 Å². The van der Waals surface area contributed by atoms with Crippen molar-refractivity contribution in [2.45, 2.75) is 141 Å². The van der Waals surface area contributed by atoms with Crippen LogP contribution in [-0.2, 0) is 13.6 Å². The summed E-state index contributed by atoms with van der Waals surface area (Å²) in [5, 5.41) is 0.774. The van der Waals surface area contributed by atoms with E-state index < -0.39 is 22.7 Å². The van der Waals surface area contributed by atoms with Crippen LogP contribution in [0, 0.1) is 0 Å². The average Bonchev–Trinajstić information content (AvgIpc) is 3.23. The zero-order valence-corrected chi connectivity index (χ0v) is 28.9. The minimum absolute atomic E-state index is 0.160. The van der Waals surface area contributed by atoms with Crippen molar-refractivity contribution in [3.05, 3.63) is 44.5 Å². The number of nitrogens with one attached hydrogen (secondary N) is 2. The molecule has 0 aliphatic carbocycles. The molecule has 2 aromatic heterocycles. The van der Waals surface area contributed by atoms with Crippen LogP contribution in [0.1, 0.15) is 101 Å². The lowest BCUT2D eigenvalue weighted by Gasteiger charge is -2.46. The normalized spacial score (nSPS) is 20.9. The highest BCUT2D eigenvalue weighted by Crippen LogP contribution is 2.47. The second-order valence-electron chi connectivity index (χ2n) is 13.7. The number of hydrogen-bond donors (Lipinski definition) is 2. The summed E-state index contributed by atoms with van der Waals surface area (Å²) in [7, 11) is -4.35. The third-order valence-corrected chi connectivity index (χ3v) is 21.8. The van der Waals surface area contributed by atoms with Crippen LogP contribution in [0.5, 0.6) is 0 Å². The molecule has 1 fully saturated rings. The van der Waals surface area contributed by atoms with Crippen LogP contribution in [-0.4, -0.2) is 45.4 Å². The Morgan fingerprint density at radius 2 is 1.32 bits per heavy atom. The van der Waals surface area contributed by atoms with Gasteiger partial charge in [0.25, 0.3) is 5.56 Å². The molecule has 3 heterocycles. The van der Waals surface area contributed by atoms with Crippen molar-refractivity contribution in [2.24, 2.45) is 0 Å². The Hall–Kier alpha value is -1.53. The lowest BCUT2D eigenvalue weighted by molar-refractivity contribution is -0.0183. The second kappa shape index (κ2) is 12.8. The van der Waals surface area contributed by atoms with E-state index in [-0.39, 0.29) is 23.3 Å². The molecule has 2 aromatic rings. The van der Waals surface area contributed by atoms with E-state index in [0.717, 1.165) is 5.39 Å². The molecule has 7 nitrogen and oxygen atoms in total. The summed E-state index contributed by atoms with van der Waals surface area (Å²) in [4.78, 5) is 30.6. The molecule has 1 aliphatic heterocycles. The summed E-state index contributed by atoms with van der Waals surface area (Å²) in [5.41, 5.74) is 3.21. The first-order valence-corrected chi connectivity index (χ1v) is 19.6. The first-order chi connectivity index (χ1) is 18.6. The third-order valence-electron chi connectivity index (χ3n) is 9.58. The Labute approximate surface area is 243 Å². The number of pyridine rings is 2. The van der Waals surface area contributed by atoms with Gasteiger partial charge in [-0.3, -0.25) is 9.59 Å². The van der Waals surface area contributed by atoms with Gasteiger partial charge in [0.05, 0.1) is 18.8 Å².